The molecule has 1 aromatic heterocycles. The summed E-state index contributed by atoms with van der Waals surface area (Å²) in [4.78, 5) is 0. The molecule has 1 rings (SSSR count). The number of hydrogen-bond acceptors (Lipinski definition) is 4. The van der Waals surface area contributed by atoms with Crippen LogP contribution in [0.2, 0.25) is 0 Å². The van der Waals surface area contributed by atoms with Gasteiger partial charge in [-0.1, -0.05) is 13.0 Å². The molecule has 0 saturated carbocycles. The molecule has 1 unspecified atom stereocenters. The van der Waals surface area contributed by atoms with Crippen LogP contribution in [-0.4, -0.2) is 27.3 Å². The molecule has 0 bridgehead atoms. The summed E-state index contributed by atoms with van der Waals surface area (Å²) in [7, 11) is -1.34. The average Bonchev–Trinajstić information content (AvgIpc) is 2.66. The van der Waals surface area contributed by atoms with E-state index in [9.17, 15) is 8.42 Å². The van der Waals surface area contributed by atoms with Crippen molar-refractivity contribution >= 4 is 21.2 Å². The number of sulfone groups is 1. The molecule has 0 amide bonds. The normalized spacial score (nSPS) is 14.1. The van der Waals surface area contributed by atoms with Crippen molar-refractivity contribution in [2.45, 2.75) is 22.8 Å². The van der Waals surface area contributed by atoms with Crippen LogP contribution in [-0.2, 0) is 9.84 Å². The summed E-state index contributed by atoms with van der Waals surface area (Å²) in [5, 5.41) is 4.39. The first-order valence-corrected chi connectivity index (χ1v) is 6.97. The van der Waals surface area contributed by atoms with E-state index >= 15 is 0 Å². The molecule has 0 aliphatic rings. The third kappa shape index (κ3) is 2.34. The van der Waals surface area contributed by atoms with Gasteiger partial charge in [0.05, 0.1) is 5.25 Å². The summed E-state index contributed by atoms with van der Waals surface area (Å²) in [5.41, 5.74) is 0. The minimum absolute atomic E-state index is 0.314. The fourth-order valence-electron chi connectivity index (χ4n) is 1.29. The number of nitrogens with one attached hydrogen (secondary N) is 1. The molecule has 0 aliphatic carbocycles. The van der Waals surface area contributed by atoms with Crippen molar-refractivity contribution in [1.29, 1.82) is 0 Å². The van der Waals surface area contributed by atoms with Crippen LogP contribution in [0.1, 0.15) is 13.3 Å². The van der Waals surface area contributed by atoms with Gasteiger partial charge >= 0.3 is 0 Å². The van der Waals surface area contributed by atoms with E-state index in [1.165, 1.54) is 11.3 Å². The number of thiophene rings is 1. The highest BCUT2D eigenvalue weighted by molar-refractivity contribution is 7.94. The third-order valence-electron chi connectivity index (χ3n) is 2.10. The Bertz CT molecular complexity index is 356. The van der Waals surface area contributed by atoms with E-state index in [-0.39, 0.29) is 5.25 Å². The fourth-order valence-corrected chi connectivity index (χ4v) is 4.27. The van der Waals surface area contributed by atoms with Gasteiger partial charge in [0.1, 0.15) is 4.21 Å². The highest BCUT2D eigenvalue weighted by Gasteiger charge is 2.25. The zero-order valence-electron chi connectivity index (χ0n) is 8.36. The highest BCUT2D eigenvalue weighted by Crippen LogP contribution is 2.22. The Morgan fingerprint density at radius 2 is 2.29 bits per heavy atom. The topological polar surface area (TPSA) is 46.2 Å². The second-order valence-corrected chi connectivity index (χ2v) is 6.47. The van der Waals surface area contributed by atoms with Gasteiger partial charge in [-0.2, -0.15) is 0 Å². The molecule has 0 aliphatic heterocycles. The summed E-state index contributed by atoms with van der Waals surface area (Å²) in [5.74, 6) is 0. The molecular weight excluding hydrogens is 218 g/mol. The summed E-state index contributed by atoms with van der Waals surface area (Å²) in [6, 6.07) is 3.43. The Balaban J connectivity index is 2.94. The molecule has 0 saturated heterocycles. The molecule has 1 aromatic rings. The highest BCUT2D eigenvalue weighted by atomic mass is 32.2. The lowest BCUT2D eigenvalue weighted by Gasteiger charge is -2.13. The van der Waals surface area contributed by atoms with E-state index < -0.39 is 9.84 Å². The third-order valence-corrected chi connectivity index (χ3v) is 5.82. The predicted octanol–water partition coefficient (Wildman–Crippen LogP) is 1.52. The van der Waals surface area contributed by atoms with Crippen LogP contribution in [0.15, 0.2) is 21.7 Å². The van der Waals surface area contributed by atoms with E-state index in [4.69, 9.17) is 0 Å². The maximum atomic E-state index is 12.0. The van der Waals surface area contributed by atoms with Crippen molar-refractivity contribution in [2.24, 2.45) is 0 Å². The largest absolute Gasteiger partial charge is 0.318 e. The molecule has 80 valence electrons. The van der Waals surface area contributed by atoms with Crippen molar-refractivity contribution in [3.05, 3.63) is 17.5 Å². The van der Waals surface area contributed by atoms with E-state index in [0.717, 1.165) is 0 Å². The lowest BCUT2D eigenvalue weighted by Crippen LogP contribution is -2.30. The summed E-state index contributed by atoms with van der Waals surface area (Å²) in [6.07, 6.45) is 0.640. The van der Waals surface area contributed by atoms with Crippen LogP contribution in [0.3, 0.4) is 0 Å². The van der Waals surface area contributed by atoms with Crippen molar-refractivity contribution < 1.29 is 8.42 Å². The van der Waals surface area contributed by atoms with Gasteiger partial charge in [0.2, 0.25) is 0 Å². The molecular formula is C9H15NO2S2. The Morgan fingerprint density at radius 3 is 2.71 bits per heavy atom. The number of hydrogen-bond donors (Lipinski definition) is 1. The summed E-state index contributed by atoms with van der Waals surface area (Å²) in [6.45, 7) is 2.41. The zero-order valence-corrected chi connectivity index (χ0v) is 9.99. The first-order chi connectivity index (χ1) is 6.62. The predicted molar refractivity (Wildman–Crippen MR) is 59.5 cm³/mol. The van der Waals surface area contributed by atoms with Crippen molar-refractivity contribution in [3.63, 3.8) is 0 Å². The molecule has 14 heavy (non-hydrogen) atoms. The molecule has 0 fully saturated rings. The Labute approximate surface area is 89.1 Å². The monoisotopic (exact) mass is 233 g/mol. The SMILES string of the molecule is CCC(CNC)S(=O)(=O)c1cccs1. The lowest BCUT2D eigenvalue weighted by atomic mass is 10.3. The Morgan fingerprint density at radius 1 is 1.57 bits per heavy atom. The summed E-state index contributed by atoms with van der Waals surface area (Å²) >= 11 is 1.28. The molecule has 1 N–H and O–H groups in total. The van der Waals surface area contributed by atoms with Gasteiger partial charge in [-0.25, -0.2) is 8.42 Å². The van der Waals surface area contributed by atoms with Crippen LogP contribution in [0.5, 0.6) is 0 Å². The Kier molecular flexibility index (Phi) is 4.10. The van der Waals surface area contributed by atoms with Gasteiger partial charge in [-0.05, 0) is 24.9 Å². The van der Waals surface area contributed by atoms with E-state index in [1.54, 1.807) is 24.6 Å². The van der Waals surface area contributed by atoms with Gasteiger partial charge in [0.25, 0.3) is 0 Å². The fraction of sp³-hybridized carbons (Fsp3) is 0.556. The minimum Gasteiger partial charge on any atom is -0.318 e. The molecule has 3 nitrogen and oxygen atoms in total. The minimum atomic E-state index is -3.11. The van der Waals surface area contributed by atoms with Crippen LogP contribution >= 0.6 is 11.3 Å². The quantitative estimate of drug-likeness (QED) is 0.838. The van der Waals surface area contributed by atoms with Crippen molar-refractivity contribution in [3.8, 4) is 0 Å². The van der Waals surface area contributed by atoms with E-state index in [0.29, 0.717) is 17.2 Å². The van der Waals surface area contributed by atoms with Gasteiger partial charge in [0.15, 0.2) is 9.84 Å². The van der Waals surface area contributed by atoms with Gasteiger partial charge in [0, 0.05) is 6.54 Å². The molecule has 0 spiro atoms. The Hall–Kier alpha value is -0.390. The van der Waals surface area contributed by atoms with E-state index in [1.807, 2.05) is 6.92 Å². The lowest BCUT2D eigenvalue weighted by molar-refractivity contribution is 0.570. The summed E-state index contributed by atoms with van der Waals surface area (Å²) < 4.78 is 24.4. The maximum absolute atomic E-state index is 12.0. The standard InChI is InChI=1S/C9H15NO2S2/c1-3-8(7-10-2)14(11,12)9-5-4-6-13-9/h4-6,8,10H,3,7H2,1-2H3. The van der Waals surface area contributed by atoms with Gasteiger partial charge < -0.3 is 5.32 Å². The van der Waals surface area contributed by atoms with E-state index in [2.05, 4.69) is 5.32 Å². The van der Waals surface area contributed by atoms with Crippen LogP contribution in [0, 0.1) is 0 Å². The second-order valence-electron chi connectivity index (χ2n) is 3.07. The van der Waals surface area contributed by atoms with Crippen molar-refractivity contribution in [1.82, 2.24) is 5.32 Å². The van der Waals surface area contributed by atoms with Crippen molar-refractivity contribution in [2.75, 3.05) is 13.6 Å². The second kappa shape index (κ2) is 4.91. The zero-order chi connectivity index (χ0) is 10.6. The molecule has 1 atom stereocenters. The van der Waals surface area contributed by atoms with Gasteiger partial charge in [-0.3, -0.25) is 0 Å². The van der Waals surface area contributed by atoms with Crippen LogP contribution in [0.25, 0.3) is 0 Å². The van der Waals surface area contributed by atoms with Gasteiger partial charge in [-0.15, -0.1) is 11.3 Å². The number of rotatable bonds is 5. The maximum Gasteiger partial charge on any atom is 0.191 e. The van der Waals surface area contributed by atoms with Crippen LogP contribution in [0.4, 0.5) is 0 Å². The average molecular weight is 233 g/mol. The van der Waals surface area contributed by atoms with Crippen LogP contribution < -0.4 is 5.32 Å². The molecule has 0 radical (unpaired) electrons. The first-order valence-electron chi connectivity index (χ1n) is 4.55. The molecule has 5 heteroatoms. The smallest absolute Gasteiger partial charge is 0.191 e. The first kappa shape index (κ1) is 11.7. The molecule has 0 aromatic carbocycles. The molecule has 1 heterocycles.